The molecular weight excluding hydrogens is 449 g/mol. The van der Waals surface area contributed by atoms with Crippen LogP contribution < -0.4 is 11.1 Å². The van der Waals surface area contributed by atoms with Crippen molar-refractivity contribution in [1.29, 1.82) is 0 Å². The maximum Gasteiger partial charge on any atom is 0.193 e. The molecule has 27 heavy (non-hydrogen) atoms. The van der Waals surface area contributed by atoms with Crippen LogP contribution in [0.5, 0.6) is 0 Å². The maximum absolute atomic E-state index is 6.12. The quantitative estimate of drug-likeness (QED) is 0.338. The molecule has 0 unspecified atom stereocenters. The van der Waals surface area contributed by atoms with E-state index in [1.54, 1.807) is 0 Å². The first kappa shape index (κ1) is 19.4. The van der Waals surface area contributed by atoms with Gasteiger partial charge in [-0.05, 0) is 55.0 Å². The zero-order valence-electron chi connectivity index (χ0n) is 15.1. The molecule has 1 aliphatic rings. The van der Waals surface area contributed by atoms with Crippen LogP contribution in [-0.4, -0.2) is 15.7 Å². The van der Waals surface area contributed by atoms with Gasteiger partial charge in [-0.15, -0.1) is 24.0 Å². The van der Waals surface area contributed by atoms with Crippen molar-refractivity contribution in [2.45, 2.75) is 32.2 Å². The molecule has 0 radical (unpaired) electrons. The number of benzene rings is 2. The van der Waals surface area contributed by atoms with Crippen LogP contribution in [0.15, 0.2) is 65.9 Å². The Morgan fingerprint density at radius 3 is 2.74 bits per heavy atom. The van der Waals surface area contributed by atoms with Gasteiger partial charge in [0.2, 0.25) is 0 Å². The molecule has 1 aromatic heterocycles. The minimum atomic E-state index is 0. The summed E-state index contributed by atoms with van der Waals surface area (Å²) in [6.45, 7) is 0.501. The van der Waals surface area contributed by atoms with Crippen LogP contribution in [0.1, 0.15) is 29.5 Å². The fraction of sp³-hybridized carbons (Fsp3) is 0.238. The molecule has 0 fully saturated rings. The van der Waals surface area contributed by atoms with Gasteiger partial charge in [0, 0.05) is 17.4 Å². The van der Waals surface area contributed by atoms with Gasteiger partial charge in [-0.25, -0.2) is 9.67 Å². The molecule has 140 valence electrons. The molecule has 0 bridgehead atoms. The molecule has 3 N–H and O–H groups in total. The van der Waals surface area contributed by atoms with E-state index in [1.807, 2.05) is 47.4 Å². The highest BCUT2D eigenvalue weighted by Gasteiger charge is 2.13. The Morgan fingerprint density at radius 2 is 1.89 bits per heavy atom. The van der Waals surface area contributed by atoms with E-state index in [0.717, 1.165) is 29.8 Å². The number of anilines is 1. The van der Waals surface area contributed by atoms with E-state index in [2.05, 4.69) is 33.6 Å². The average molecular weight is 473 g/mol. The van der Waals surface area contributed by atoms with E-state index >= 15 is 0 Å². The third-order valence-electron chi connectivity index (χ3n) is 4.75. The van der Waals surface area contributed by atoms with Crippen molar-refractivity contribution in [1.82, 2.24) is 9.78 Å². The van der Waals surface area contributed by atoms with E-state index in [0.29, 0.717) is 12.5 Å². The highest BCUT2D eigenvalue weighted by Crippen LogP contribution is 2.27. The zero-order chi connectivity index (χ0) is 17.8. The standard InChI is InChI=1S/C21H23N5.HI/c22-21(25-20-12-6-8-17-7-4-5-11-19(17)20)23-13-16-14-24-26(15-16)18-9-2-1-3-10-18;/h1-3,6,8-10,12,14-15H,4-5,7,11,13H2,(H3,22,23,25);1H. The second-order valence-electron chi connectivity index (χ2n) is 6.61. The lowest BCUT2D eigenvalue weighted by Gasteiger charge is -2.19. The van der Waals surface area contributed by atoms with Crippen LogP contribution in [0, 0.1) is 0 Å². The van der Waals surface area contributed by atoms with Gasteiger partial charge < -0.3 is 11.1 Å². The van der Waals surface area contributed by atoms with Gasteiger partial charge in [-0.2, -0.15) is 5.10 Å². The highest BCUT2D eigenvalue weighted by atomic mass is 127. The van der Waals surface area contributed by atoms with Gasteiger partial charge >= 0.3 is 0 Å². The number of nitrogens with one attached hydrogen (secondary N) is 1. The second-order valence-corrected chi connectivity index (χ2v) is 6.61. The second kappa shape index (κ2) is 9.03. The van der Waals surface area contributed by atoms with E-state index < -0.39 is 0 Å². The monoisotopic (exact) mass is 473 g/mol. The number of aliphatic imine (C=N–C) groups is 1. The predicted molar refractivity (Wildman–Crippen MR) is 121 cm³/mol. The Balaban J connectivity index is 0.00000210. The van der Waals surface area contributed by atoms with E-state index in [4.69, 9.17) is 5.73 Å². The van der Waals surface area contributed by atoms with Crippen molar-refractivity contribution in [3.05, 3.63) is 77.6 Å². The van der Waals surface area contributed by atoms with E-state index in [9.17, 15) is 0 Å². The van der Waals surface area contributed by atoms with Crippen molar-refractivity contribution in [3.8, 4) is 5.69 Å². The molecule has 0 saturated carbocycles. The molecule has 4 rings (SSSR count). The molecule has 1 heterocycles. The normalized spacial score (nSPS) is 13.6. The summed E-state index contributed by atoms with van der Waals surface area (Å²) in [4.78, 5) is 4.48. The van der Waals surface area contributed by atoms with Gasteiger partial charge in [-0.1, -0.05) is 30.3 Å². The fourth-order valence-electron chi connectivity index (χ4n) is 3.42. The summed E-state index contributed by atoms with van der Waals surface area (Å²) in [7, 11) is 0. The first-order valence-corrected chi connectivity index (χ1v) is 9.06. The molecule has 3 aromatic rings. The summed E-state index contributed by atoms with van der Waals surface area (Å²) in [6.07, 6.45) is 8.58. The molecule has 0 atom stereocenters. The van der Waals surface area contributed by atoms with Gasteiger partial charge in [0.05, 0.1) is 18.4 Å². The first-order chi connectivity index (χ1) is 12.8. The number of guanidine groups is 1. The van der Waals surface area contributed by atoms with Crippen LogP contribution in [0.25, 0.3) is 5.69 Å². The number of hydrogen-bond donors (Lipinski definition) is 2. The third kappa shape index (κ3) is 4.68. The summed E-state index contributed by atoms with van der Waals surface area (Å²) >= 11 is 0. The number of hydrogen-bond acceptors (Lipinski definition) is 2. The third-order valence-corrected chi connectivity index (χ3v) is 4.75. The maximum atomic E-state index is 6.12. The van der Waals surface area contributed by atoms with Gasteiger partial charge in [0.1, 0.15) is 0 Å². The summed E-state index contributed by atoms with van der Waals surface area (Å²) in [5.74, 6) is 0.441. The lowest BCUT2D eigenvalue weighted by molar-refractivity contribution is 0.687. The number of rotatable bonds is 4. The lowest BCUT2D eigenvalue weighted by Crippen LogP contribution is -2.24. The molecule has 0 aliphatic heterocycles. The zero-order valence-corrected chi connectivity index (χ0v) is 17.5. The Kier molecular flexibility index (Phi) is 6.49. The van der Waals surface area contributed by atoms with Crippen molar-refractivity contribution < 1.29 is 0 Å². The minimum absolute atomic E-state index is 0. The van der Waals surface area contributed by atoms with Crippen LogP contribution >= 0.6 is 24.0 Å². The molecule has 0 saturated heterocycles. The van der Waals surface area contributed by atoms with Crippen LogP contribution in [0.2, 0.25) is 0 Å². The number of fused-ring (bicyclic) bond motifs is 1. The van der Waals surface area contributed by atoms with Crippen LogP contribution in [-0.2, 0) is 19.4 Å². The van der Waals surface area contributed by atoms with Crippen molar-refractivity contribution in [2.24, 2.45) is 10.7 Å². The molecule has 5 nitrogen and oxygen atoms in total. The topological polar surface area (TPSA) is 68.2 Å². The Morgan fingerprint density at radius 1 is 1.07 bits per heavy atom. The Bertz CT molecular complexity index is 917. The number of halogens is 1. The van der Waals surface area contributed by atoms with Crippen molar-refractivity contribution >= 4 is 35.6 Å². The molecule has 1 aliphatic carbocycles. The van der Waals surface area contributed by atoms with Gasteiger partial charge in [0.25, 0.3) is 0 Å². The molecule has 2 aromatic carbocycles. The number of nitrogens with zero attached hydrogens (tertiary/aromatic N) is 3. The lowest BCUT2D eigenvalue weighted by atomic mass is 9.90. The van der Waals surface area contributed by atoms with Crippen molar-refractivity contribution in [2.75, 3.05) is 5.32 Å². The number of nitrogens with two attached hydrogens (primary N) is 1. The van der Waals surface area contributed by atoms with Gasteiger partial charge in [0.15, 0.2) is 5.96 Å². The first-order valence-electron chi connectivity index (χ1n) is 9.06. The molecule has 0 amide bonds. The molecule has 6 heteroatoms. The fourth-order valence-corrected chi connectivity index (χ4v) is 3.42. The summed E-state index contributed by atoms with van der Waals surface area (Å²) in [5, 5.41) is 7.67. The number of aryl methyl sites for hydroxylation is 1. The summed E-state index contributed by atoms with van der Waals surface area (Å²) < 4.78 is 1.85. The average Bonchev–Trinajstić information content (AvgIpc) is 3.17. The largest absolute Gasteiger partial charge is 0.370 e. The van der Waals surface area contributed by atoms with Crippen molar-refractivity contribution in [3.63, 3.8) is 0 Å². The predicted octanol–water partition coefficient (Wildman–Crippen LogP) is 4.30. The SMILES string of the molecule is I.NC(=NCc1cnn(-c2ccccc2)c1)Nc1cccc2c1CCCC2. The Labute approximate surface area is 176 Å². The van der Waals surface area contributed by atoms with Crippen LogP contribution in [0.4, 0.5) is 5.69 Å². The smallest absolute Gasteiger partial charge is 0.193 e. The summed E-state index contributed by atoms with van der Waals surface area (Å²) in [6, 6.07) is 16.4. The van der Waals surface area contributed by atoms with Gasteiger partial charge in [-0.3, -0.25) is 0 Å². The molecular formula is C21H24IN5. The van der Waals surface area contributed by atoms with E-state index in [-0.39, 0.29) is 24.0 Å². The number of para-hydroxylation sites is 1. The number of aromatic nitrogens is 2. The summed E-state index contributed by atoms with van der Waals surface area (Å²) in [5.41, 5.74) is 12.1. The van der Waals surface area contributed by atoms with Crippen LogP contribution in [0.3, 0.4) is 0 Å². The van der Waals surface area contributed by atoms with E-state index in [1.165, 1.54) is 24.0 Å². The minimum Gasteiger partial charge on any atom is -0.370 e. The highest BCUT2D eigenvalue weighted by molar-refractivity contribution is 14.0. The molecule has 0 spiro atoms. The Hall–Kier alpha value is -2.35.